The number of hydrogen-bond acceptors (Lipinski definition) is 2. The first kappa shape index (κ1) is 7.79. The fourth-order valence-electron chi connectivity index (χ4n) is 0.599. The normalized spacial score (nSPS) is 11.0. The molecular formula is C7H8ClNS. The lowest BCUT2D eigenvalue weighted by molar-refractivity contribution is 1.26. The van der Waals surface area contributed by atoms with Crippen LogP contribution in [0.3, 0.4) is 0 Å². The van der Waals surface area contributed by atoms with E-state index in [2.05, 4.69) is 0 Å². The van der Waals surface area contributed by atoms with Gasteiger partial charge in [0.25, 0.3) is 0 Å². The lowest BCUT2D eigenvalue weighted by Crippen LogP contribution is -1.91. The van der Waals surface area contributed by atoms with Crippen LogP contribution >= 0.6 is 22.9 Å². The molecule has 1 aromatic heterocycles. The first-order valence-electron chi connectivity index (χ1n) is 2.94. The van der Waals surface area contributed by atoms with Gasteiger partial charge < -0.3 is 5.73 Å². The molecule has 0 aromatic carbocycles. The van der Waals surface area contributed by atoms with Crippen molar-refractivity contribution < 1.29 is 0 Å². The van der Waals surface area contributed by atoms with Crippen molar-refractivity contribution in [3.8, 4) is 0 Å². The molecule has 10 heavy (non-hydrogen) atoms. The fraction of sp³-hybridized carbons (Fsp3) is 0.143. The van der Waals surface area contributed by atoms with Crippen LogP contribution in [0.5, 0.6) is 0 Å². The number of nitrogens with two attached hydrogens (primary N) is 1. The Morgan fingerprint density at radius 3 is 3.00 bits per heavy atom. The third-order valence-electron chi connectivity index (χ3n) is 1.05. The zero-order valence-electron chi connectivity index (χ0n) is 5.38. The van der Waals surface area contributed by atoms with Crippen LogP contribution in [0.2, 0.25) is 5.02 Å². The maximum Gasteiger partial charge on any atom is 0.0586 e. The summed E-state index contributed by atoms with van der Waals surface area (Å²) >= 11 is 7.41. The zero-order valence-corrected chi connectivity index (χ0v) is 6.95. The number of halogens is 1. The minimum Gasteiger partial charge on any atom is -0.327 e. The summed E-state index contributed by atoms with van der Waals surface area (Å²) in [4.78, 5) is 1.08. The Labute approximate surface area is 69.1 Å². The van der Waals surface area contributed by atoms with E-state index in [1.165, 1.54) is 0 Å². The predicted molar refractivity (Wildman–Crippen MR) is 47.4 cm³/mol. The second kappa shape index (κ2) is 3.76. The Hall–Kier alpha value is -0.310. The van der Waals surface area contributed by atoms with E-state index in [1.807, 2.05) is 23.6 Å². The second-order valence-corrected chi connectivity index (χ2v) is 3.13. The molecule has 3 heteroatoms. The molecular weight excluding hydrogens is 166 g/mol. The van der Waals surface area contributed by atoms with Crippen molar-refractivity contribution in [1.29, 1.82) is 0 Å². The summed E-state index contributed by atoms with van der Waals surface area (Å²) in [5.41, 5.74) is 5.27. The minimum absolute atomic E-state index is 0.564. The zero-order chi connectivity index (χ0) is 7.40. The van der Waals surface area contributed by atoms with Crippen LogP contribution in [0, 0.1) is 0 Å². The van der Waals surface area contributed by atoms with E-state index in [0.29, 0.717) is 6.54 Å². The summed E-state index contributed by atoms with van der Waals surface area (Å²) in [6, 6.07) is 1.88. The molecule has 0 saturated carbocycles. The van der Waals surface area contributed by atoms with Crippen molar-refractivity contribution in [1.82, 2.24) is 0 Å². The van der Waals surface area contributed by atoms with Crippen molar-refractivity contribution in [2.24, 2.45) is 5.73 Å². The van der Waals surface area contributed by atoms with Crippen LogP contribution in [0.25, 0.3) is 6.08 Å². The van der Waals surface area contributed by atoms with Crippen molar-refractivity contribution >= 4 is 29.0 Å². The van der Waals surface area contributed by atoms with Gasteiger partial charge in [-0.15, -0.1) is 11.3 Å². The van der Waals surface area contributed by atoms with E-state index in [0.717, 1.165) is 9.90 Å². The lowest BCUT2D eigenvalue weighted by Gasteiger charge is -1.84. The summed E-state index contributed by atoms with van der Waals surface area (Å²) in [6.45, 7) is 0.564. The average molecular weight is 174 g/mol. The van der Waals surface area contributed by atoms with Gasteiger partial charge in [-0.05, 0) is 17.5 Å². The van der Waals surface area contributed by atoms with Crippen molar-refractivity contribution in [2.45, 2.75) is 0 Å². The van der Waals surface area contributed by atoms with Crippen LogP contribution in [0.15, 0.2) is 17.5 Å². The van der Waals surface area contributed by atoms with Gasteiger partial charge in [0, 0.05) is 11.4 Å². The van der Waals surface area contributed by atoms with Crippen LogP contribution in [-0.4, -0.2) is 6.54 Å². The molecule has 0 aliphatic heterocycles. The Morgan fingerprint density at radius 1 is 1.70 bits per heavy atom. The maximum atomic E-state index is 5.79. The van der Waals surface area contributed by atoms with Crippen LogP contribution in [0.4, 0.5) is 0 Å². The third kappa shape index (κ3) is 1.84. The largest absolute Gasteiger partial charge is 0.327 e. The molecule has 0 atom stereocenters. The SMILES string of the molecule is NC/C=C/c1sccc1Cl. The lowest BCUT2D eigenvalue weighted by atomic mass is 10.4. The summed E-state index contributed by atoms with van der Waals surface area (Å²) in [6.07, 6.45) is 3.82. The van der Waals surface area contributed by atoms with E-state index < -0.39 is 0 Å². The smallest absolute Gasteiger partial charge is 0.0586 e. The minimum atomic E-state index is 0.564. The molecule has 1 rings (SSSR count). The van der Waals surface area contributed by atoms with Gasteiger partial charge in [-0.2, -0.15) is 0 Å². The van der Waals surface area contributed by atoms with Crippen LogP contribution in [-0.2, 0) is 0 Å². The molecule has 0 amide bonds. The number of hydrogen-bond donors (Lipinski definition) is 1. The van der Waals surface area contributed by atoms with E-state index in [-0.39, 0.29) is 0 Å². The summed E-state index contributed by atoms with van der Waals surface area (Å²) in [5, 5.41) is 2.76. The second-order valence-electron chi connectivity index (χ2n) is 1.77. The fourth-order valence-corrected chi connectivity index (χ4v) is 1.64. The molecule has 0 aliphatic carbocycles. The Morgan fingerprint density at radius 2 is 2.50 bits per heavy atom. The summed E-state index contributed by atoms with van der Waals surface area (Å²) < 4.78 is 0. The van der Waals surface area contributed by atoms with Gasteiger partial charge >= 0.3 is 0 Å². The molecule has 0 radical (unpaired) electrons. The van der Waals surface area contributed by atoms with Gasteiger partial charge in [0.05, 0.1) is 5.02 Å². The molecule has 0 bridgehead atoms. The Bertz CT molecular complexity index is 229. The molecule has 54 valence electrons. The molecule has 0 spiro atoms. The van der Waals surface area contributed by atoms with Gasteiger partial charge in [0.1, 0.15) is 0 Å². The summed E-state index contributed by atoms with van der Waals surface area (Å²) in [7, 11) is 0. The molecule has 1 heterocycles. The van der Waals surface area contributed by atoms with Crippen LogP contribution in [0.1, 0.15) is 4.88 Å². The van der Waals surface area contributed by atoms with Gasteiger partial charge in [-0.3, -0.25) is 0 Å². The maximum absolute atomic E-state index is 5.79. The summed E-state index contributed by atoms with van der Waals surface area (Å²) in [5.74, 6) is 0. The predicted octanol–water partition coefficient (Wildman–Crippen LogP) is 2.37. The highest BCUT2D eigenvalue weighted by Crippen LogP contribution is 2.22. The molecule has 1 aromatic rings. The first-order chi connectivity index (χ1) is 4.84. The highest BCUT2D eigenvalue weighted by Gasteiger charge is 1.94. The highest BCUT2D eigenvalue weighted by molar-refractivity contribution is 7.11. The Kier molecular flexibility index (Phi) is 2.93. The van der Waals surface area contributed by atoms with Gasteiger partial charge in [-0.25, -0.2) is 0 Å². The van der Waals surface area contributed by atoms with Gasteiger partial charge in [0.15, 0.2) is 0 Å². The van der Waals surface area contributed by atoms with E-state index in [1.54, 1.807) is 11.3 Å². The highest BCUT2D eigenvalue weighted by atomic mass is 35.5. The molecule has 0 unspecified atom stereocenters. The van der Waals surface area contributed by atoms with E-state index in [4.69, 9.17) is 17.3 Å². The van der Waals surface area contributed by atoms with Gasteiger partial charge in [-0.1, -0.05) is 17.7 Å². The third-order valence-corrected chi connectivity index (χ3v) is 2.37. The monoisotopic (exact) mass is 173 g/mol. The van der Waals surface area contributed by atoms with Crippen molar-refractivity contribution in [3.05, 3.63) is 27.4 Å². The molecule has 0 fully saturated rings. The topological polar surface area (TPSA) is 26.0 Å². The van der Waals surface area contributed by atoms with Gasteiger partial charge in [0.2, 0.25) is 0 Å². The number of rotatable bonds is 2. The van der Waals surface area contributed by atoms with Crippen molar-refractivity contribution in [3.63, 3.8) is 0 Å². The molecule has 1 nitrogen and oxygen atoms in total. The molecule has 0 saturated heterocycles. The Balaban J connectivity index is 2.74. The average Bonchev–Trinajstić information content (AvgIpc) is 2.31. The number of thiophene rings is 1. The quantitative estimate of drug-likeness (QED) is 0.730. The van der Waals surface area contributed by atoms with Crippen molar-refractivity contribution in [2.75, 3.05) is 6.54 Å². The molecule has 2 N–H and O–H groups in total. The standard InChI is InChI=1S/C7H8ClNS/c8-6-3-5-10-7(6)2-1-4-9/h1-3,5H,4,9H2/b2-1+. The van der Waals surface area contributed by atoms with E-state index in [9.17, 15) is 0 Å². The first-order valence-corrected chi connectivity index (χ1v) is 4.20. The van der Waals surface area contributed by atoms with Crippen LogP contribution < -0.4 is 5.73 Å². The van der Waals surface area contributed by atoms with E-state index >= 15 is 0 Å². The molecule has 0 aliphatic rings.